The molecule has 192 valence electrons. The van der Waals surface area contributed by atoms with Crippen molar-refractivity contribution in [3.05, 3.63) is 69.7 Å². The molecule has 1 heterocycles. The molecule has 2 aromatic rings. The molecule has 0 spiro atoms. The predicted molar refractivity (Wildman–Crippen MR) is 134 cm³/mol. The van der Waals surface area contributed by atoms with Gasteiger partial charge in [-0.2, -0.15) is 0 Å². The van der Waals surface area contributed by atoms with Gasteiger partial charge in [0.05, 0.1) is 0 Å². The number of carbonyl (C=O) groups excluding carboxylic acids is 1. The Hall–Kier alpha value is -2.94. The van der Waals surface area contributed by atoms with Crippen molar-refractivity contribution in [3.63, 3.8) is 0 Å². The number of carboxylic acids is 2. The van der Waals surface area contributed by atoms with E-state index >= 15 is 0 Å². The number of ether oxygens (including phenoxy) is 1. The Labute approximate surface area is 215 Å². The van der Waals surface area contributed by atoms with Crippen molar-refractivity contribution in [1.82, 2.24) is 10.2 Å². The summed E-state index contributed by atoms with van der Waals surface area (Å²) in [5.41, 5.74) is 5.87. The van der Waals surface area contributed by atoms with Crippen LogP contribution in [-0.2, 0) is 24.5 Å². The molecule has 5 rings (SSSR count). The number of hydrogen-bond acceptors (Lipinski definition) is 5. The number of aliphatic carboxylic acids is 2. The Balaban J connectivity index is 0.000000455. The maximum atomic E-state index is 12.1. The summed E-state index contributed by atoms with van der Waals surface area (Å²) in [6, 6.07) is 15.7. The second-order valence-electron chi connectivity index (χ2n) is 9.70. The molecule has 3 N–H and O–H groups in total. The molecular formula is C27H31ClN2O6. The highest BCUT2D eigenvalue weighted by Crippen LogP contribution is 2.60. The number of likely N-dealkylation sites (tertiary alicyclic amines) is 1. The van der Waals surface area contributed by atoms with E-state index in [1.807, 2.05) is 6.07 Å². The third kappa shape index (κ3) is 4.98. The summed E-state index contributed by atoms with van der Waals surface area (Å²) in [4.78, 5) is 32.9. The van der Waals surface area contributed by atoms with E-state index in [1.54, 1.807) is 14.0 Å². The van der Waals surface area contributed by atoms with Gasteiger partial charge in [-0.1, -0.05) is 41.9 Å². The molecule has 1 aliphatic heterocycles. The van der Waals surface area contributed by atoms with Crippen LogP contribution in [0.25, 0.3) is 0 Å². The minimum atomic E-state index is -1.82. The van der Waals surface area contributed by atoms with Crippen molar-refractivity contribution in [1.29, 1.82) is 0 Å². The molecule has 1 fully saturated rings. The summed E-state index contributed by atoms with van der Waals surface area (Å²) in [5.74, 6) is -3.17. The SMILES string of the molecule is CO[C@H](C)C(=O)NC1CCN(C[C@@]23C[C@H](c4ccccc42)c2ccc(Cl)cc23)CC1.O=C(O)C(=O)O. The number of benzene rings is 2. The minimum Gasteiger partial charge on any atom is -0.473 e. The first-order valence-corrected chi connectivity index (χ1v) is 12.4. The number of carboxylic acid groups (broad SMARTS) is 2. The maximum absolute atomic E-state index is 12.1. The Bertz CT molecular complexity index is 1150. The Morgan fingerprint density at radius 3 is 2.36 bits per heavy atom. The number of rotatable bonds is 5. The van der Waals surface area contributed by atoms with E-state index in [0.29, 0.717) is 5.92 Å². The van der Waals surface area contributed by atoms with Crippen LogP contribution in [0.4, 0.5) is 0 Å². The van der Waals surface area contributed by atoms with Gasteiger partial charge in [0.1, 0.15) is 6.10 Å². The molecule has 36 heavy (non-hydrogen) atoms. The zero-order valence-corrected chi connectivity index (χ0v) is 21.1. The number of nitrogens with one attached hydrogen (secondary N) is 1. The number of carbonyl (C=O) groups is 3. The van der Waals surface area contributed by atoms with Gasteiger partial charge < -0.3 is 25.2 Å². The predicted octanol–water partition coefficient (Wildman–Crippen LogP) is 3.25. The van der Waals surface area contributed by atoms with Gasteiger partial charge in [-0.3, -0.25) is 4.79 Å². The largest absolute Gasteiger partial charge is 0.473 e. The van der Waals surface area contributed by atoms with Gasteiger partial charge in [-0.25, -0.2) is 9.59 Å². The van der Waals surface area contributed by atoms with Crippen molar-refractivity contribution in [3.8, 4) is 0 Å². The summed E-state index contributed by atoms with van der Waals surface area (Å²) in [5, 5.41) is 18.8. The van der Waals surface area contributed by atoms with E-state index < -0.39 is 18.0 Å². The van der Waals surface area contributed by atoms with Gasteiger partial charge in [0.25, 0.3) is 0 Å². The van der Waals surface area contributed by atoms with Gasteiger partial charge in [0.2, 0.25) is 5.91 Å². The van der Waals surface area contributed by atoms with Gasteiger partial charge in [0, 0.05) is 49.1 Å². The first kappa shape index (κ1) is 26.1. The topological polar surface area (TPSA) is 116 Å². The molecule has 1 amide bonds. The van der Waals surface area contributed by atoms with Gasteiger partial charge >= 0.3 is 11.9 Å². The number of amides is 1. The van der Waals surface area contributed by atoms with Crippen LogP contribution in [0, 0.1) is 0 Å². The van der Waals surface area contributed by atoms with Crippen molar-refractivity contribution < 1.29 is 29.3 Å². The lowest BCUT2D eigenvalue weighted by atomic mass is 9.74. The molecule has 0 aromatic heterocycles. The van der Waals surface area contributed by atoms with Crippen LogP contribution >= 0.6 is 11.6 Å². The van der Waals surface area contributed by atoms with Crippen LogP contribution in [0.1, 0.15) is 54.4 Å². The maximum Gasteiger partial charge on any atom is 0.414 e. The number of halogens is 1. The van der Waals surface area contributed by atoms with E-state index in [-0.39, 0.29) is 17.4 Å². The van der Waals surface area contributed by atoms with E-state index in [2.05, 4.69) is 46.6 Å². The third-order valence-electron chi connectivity index (χ3n) is 7.64. The number of methoxy groups -OCH3 is 1. The summed E-state index contributed by atoms with van der Waals surface area (Å²) in [6.45, 7) is 4.80. The van der Waals surface area contributed by atoms with E-state index in [1.165, 1.54) is 22.3 Å². The fraction of sp³-hybridized carbons (Fsp3) is 0.444. The zero-order valence-electron chi connectivity index (χ0n) is 20.4. The lowest BCUT2D eigenvalue weighted by Crippen LogP contribution is -2.50. The van der Waals surface area contributed by atoms with Crippen molar-refractivity contribution in [2.75, 3.05) is 26.7 Å². The smallest absolute Gasteiger partial charge is 0.414 e. The van der Waals surface area contributed by atoms with E-state index in [9.17, 15) is 4.79 Å². The highest BCUT2D eigenvalue weighted by Gasteiger charge is 2.53. The third-order valence-corrected chi connectivity index (χ3v) is 7.88. The summed E-state index contributed by atoms with van der Waals surface area (Å²) >= 11 is 6.43. The molecule has 3 aliphatic rings. The van der Waals surface area contributed by atoms with Gasteiger partial charge in [-0.05, 0) is 60.6 Å². The zero-order chi connectivity index (χ0) is 26.0. The first-order valence-electron chi connectivity index (χ1n) is 12.1. The molecule has 3 atom stereocenters. The molecule has 2 bridgehead atoms. The molecule has 9 heteroatoms. The summed E-state index contributed by atoms with van der Waals surface area (Å²) in [7, 11) is 1.57. The van der Waals surface area contributed by atoms with Crippen molar-refractivity contribution in [2.24, 2.45) is 0 Å². The Morgan fingerprint density at radius 1 is 1.08 bits per heavy atom. The molecule has 2 aliphatic carbocycles. The molecule has 0 saturated carbocycles. The Morgan fingerprint density at radius 2 is 1.72 bits per heavy atom. The van der Waals surface area contributed by atoms with Crippen molar-refractivity contribution in [2.45, 2.75) is 49.7 Å². The summed E-state index contributed by atoms with van der Waals surface area (Å²) in [6.07, 6.45) is 2.70. The molecule has 1 saturated heterocycles. The van der Waals surface area contributed by atoms with Gasteiger partial charge in [0.15, 0.2) is 0 Å². The molecular weight excluding hydrogens is 484 g/mol. The first-order chi connectivity index (χ1) is 17.2. The lowest BCUT2D eigenvalue weighted by Gasteiger charge is -2.40. The Kier molecular flexibility index (Phi) is 7.68. The number of nitrogens with zero attached hydrogens (tertiary/aromatic N) is 1. The molecule has 2 aromatic carbocycles. The molecule has 8 nitrogen and oxygen atoms in total. The fourth-order valence-electron chi connectivity index (χ4n) is 5.86. The molecule has 0 unspecified atom stereocenters. The van der Waals surface area contributed by atoms with E-state index in [4.69, 9.17) is 36.1 Å². The average Bonchev–Trinajstić information content (AvgIpc) is 3.36. The fourth-order valence-corrected chi connectivity index (χ4v) is 6.03. The molecule has 0 radical (unpaired) electrons. The monoisotopic (exact) mass is 514 g/mol. The van der Waals surface area contributed by atoms with Crippen LogP contribution < -0.4 is 5.32 Å². The average molecular weight is 515 g/mol. The minimum absolute atomic E-state index is 0.0125. The quantitative estimate of drug-likeness (QED) is 0.524. The van der Waals surface area contributed by atoms with Gasteiger partial charge in [-0.15, -0.1) is 0 Å². The van der Waals surface area contributed by atoms with Crippen LogP contribution in [0.5, 0.6) is 0 Å². The van der Waals surface area contributed by atoms with Crippen LogP contribution in [-0.4, -0.2) is 71.8 Å². The normalized spacial score (nSPS) is 23.1. The lowest BCUT2D eigenvalue weighted by molar-refractivity contribution is -0.159. The highest BCUT2D eigenvalue weighted by molar-refractivity contribution is 6.30. The summed E-state index contributed by atoms with van der Waals surface area (Å²) < 4.78 is 5.14. The number of fused-ring (bicyclic) bond motifs is 8. The number of piperidine rings is 1. The highest BCUT2D eigenvalue weighted by atomic mass is 35.5. The second-order valence-corrected chi connectivity index (χ2v) is 10.1. The van der Waals surface area contributed by atoms with Crippen LogP contribution in [0.3, 0.4) is 0 Å². The standard InChI is InChI=1S/C25H29ClN2O2.C2H2O4/c1-16(30-2)24(29)27-18-9-11-28(12-10-18)15-25-14-21(19-5-3-4-6-22(19)25)20-8-7-17(26)13-23(20)25;3-1(4)2(5)6/h3-8,13,16,18,21H,9-12,14-15H2,1-2H3,(H,27,29);(H,3,4)(H,5,6)/t16-,21-,25+;/m1./s1. The van der Waals surface area contributed by atoms with Crippen LogP contribution in [0.15, 0.2) is 42.5 Å². The van der Waals surface area contributed by atoms with E-state index in [0.717, 1.165) is 43.9 Å². The van der Waals surface area contributed by atoms with Crippen LogP contribution in [0.2, 0.25) is 5.02 Å². The van der Waals surface area contributed by atoms with Crippen molar-refractivity contribution >= 4 is 29.4 Å². The number of hydrogen-bond donors (Lipinski definition) is 3. The second kappa shape index (κ2) is 10.6.